The molecule has 1 aliphatic heterocycles. The first-order valence-corrected chi connectivity index (χ1v) is 7.19. The van der Waals surface area contributed by atoms with Gasteiger partial charge in [0.05, 0.1) is 0 Å². The van der Waals surface area contributed by atoms with E-state index in [0.717, 1.165) is 0 Å². The molecule has 1 nitrogen and oxygen atoms in total. The van der Waals surface area contributed by atoms with E-state index in [4.69, 9.17) is 0 Å². The number of rotatable bonds is 1. The predicted octanol–water partition coefficient (Wildman–Crippen LogP) is 2.17. The van der Waals surface area contributed by atoms with E-state index in [-0.39, 0.29) is 0 Å². The summed E-state index contributed by atoms with van der Waals surface area (Å²) in [5, 5.41) is 0. The van der Waals surface area contributed by atoms with Gasteiger partial charge in [-0.15, -0.1) is 0 Å². The molecule has 0 N–H and O–H groups in total. The second-order valence-electron chi connectivity index (χ2n) is 3.72. The van der Waals surface area contributed by atoms with Gasteiger partial charge < -0.3 is 4.06 Å². The van der Waals surface area contributed by atoms with Crippen LogP contribution in [0.5, 0.6) is 0 Å². The molecule has 0 amide bonds. The Hall–Kier alpha value is 0.177. The molecule has 1 saturated heterocycles. The molecule has 2 heteroatoms. The zero-order valence-corrected chi connectivity index (χ0v) is 7.74. The van der Waals surface area contributed by atoms with E-state index in [2.05, 4.69) is 23.7 Å². The van der Waals surface area contributed by atoms with Gasteiger partial charge in [-0.3, -0.25) is 0 Å². The van der Waals surface area contributed by atoms with Gasteiger partial charge in [0.15, 0.2) is 0 Å². The Morgan fingerprint density at radius 3 is 1.67 bits per heavy atom. The fourth-order valence-corrected chi connectivity index (χ4v) is 2.78. The lowest BCUT2D eigenvalue weighted by atomic mass is 10.4. The Labute approximate surface area is 58.9 Å². The van der Waals surface area contributed by atoms with Gasteiger partial charge in [-0.25, -0.2) is 0 Å². The third-order valence-corrected chi connectivity index (χ3v) is 4.04. The van der Waals surface area contributed by atoms with Crippen molar-refractivity contribution in [3.63, 3.8) is 0 Å². The molecule has 1 heterocycles. The lowest BCUT2D eigenvalue weighted by Crippen LogP contribution is -2.36. The third-order valence-electron chi connectivity index (χ3n) is 1.90. The van der Waals surface area contributed by atoms with Crippen molar-refractivity contribution in [2.24, 2.45) is 0 Å². The molecule has 9 heavy (non-hydrogen) atoms. The van der Waals surface area contributed by atoms with Crippen LogP contribution in [0.3, 0.4) is 0 Å². The quantitative estimate of drug-likeness (QED) is 0.393. The smallest absolute Gasteiger partial charge is 0.376 e. The van der Waals surface area contributed by atoms with Crippen LogP contribution in [0, 0.1) is 0 Å². The highest BCUT2D eigenvalue weighted by Crippen LogP contribution is 2.21. The SMILES string of the molecule is C[Si](C)(C)[O+]1CCCC1. The van der Waals surface area contributed by atoms with Crippen LogP contribution in [0.4, 0.5) is 0 Å². The monoisotopic (exact) mass is 145 g/mol. The van der Waals surface area contributed by atoms with Crippen LogP contribution < -0.4 is 0 Å². The topological polar surface area (TPSA) is 2.70 Å². The van der Waals surface area contributed by atoms with E-state index in [1.54, 1.807) is 0 Å². The molecule has 1 fully saturated rings. The summed E-state index contributed by atoms with van der Waals surface area (Å²) in [6.07, 6.45) is 2.80. The van der Waals surface area contributed by atoms with Crippen LogP contribution in [0.15, 0.2) is 0 Å². The van der Waals surface area contributed by atoms with Crippen LogP contribution in [-0.4, -0.2) is 21.5 Å². The van der Waals surface area contributed by atoms with E-state index < -0.39 is 8.32 Å². The van der Waals surface area contributed by atoms with Gasteiger partial charge in [0.1, 0.15) is 13.2 Å². The highest BCUT2D eigenvalue weighted by molar-refractivity contribution is 6.70. The lowest BCUT2D eigenvalue weighted by molar-refractivity contribution is 0.0420. The molecule has 0 unspecified atom stereocenters. The van der Waals surface area contributed by atoms with E-state index >= 15 is 0 Å². The zero-order chi connectivity index (χ0) is 6.91. The summed E-state index contributed by atoms with van der Waals surface area (Å²) in [6.45, 7) is 9.75. The van der Waals surface area contributed by atoms with E-state index in [1.165, 1.54) is 26.1 Å². The van der Waals surface area contributed by atoms with Crippen molar-refractivity contribution in [2.45, 2.75) is 32.5 Å². The van der Waals surface area contributed by atoms with Crippen LogP contribution in [0.25, 0.3) is 0 Å². The van der Waals surface area contributed by atoms with Gasteiger partial charge in [-0.2, -0.15) is 0 Å². The Morgan fingerprint density at radius 1 is 1.00 bits per heavy atom. The van der Waals surface area contributed by atoms with Gasteiger partial charge in [0, 0.05) is 32.5 Å². The zero-order valence-electron chi connectivity index (χ0n) is 6.74. The van der Waals surface area contributed by atoms with E-state index in [0.29, 0.717) is 0 Å². The van der Waals surface area contributed by atoms with Gasteiger partial charge >= 0.3 is 8.32 Å². The Kier molecular flexibility index (Phi) is 1.96. The molecule has 0 saturated carbocycles. The van der Waals surface area contributed by atoms with Crippen LogP contribution in [-0.2, 0) is 4.06 Å². The van der Waals surface area contributed by atoms with Crippen molar-refractivity contribution < 1.29 is 4.06 Å². The Morgan fingerprint density at radius 2 is 1.44 bits per heavy atom. The molecule has 0 aromatic rings. The molecule has 0 aromatic carbocycles. The second-order valence-corrected chi connectivity index (χ2v) is 8.52. The summed E-state index contributed by atoms with van der Waals surface area (Å²) in [4.78, 5) is 0. The maximum absolute atomic E-state index is 3.46. The van der Waals surface area contributed by atoms with Gasteiger partial charge in [0.2, 0.25) is 0 Å². The summed E-state index contributed by atoms with van der Waals surface area (Å²) in [6, 6.07) is 0. The average molecular weight is 145 g/mol. The second kappa shape index (κ2) is 2.43. The van der Waals surface area contributed by atoms with Gasteiger partial charge in [-0.1, -0.05) is 0 Å². The van der Waals surface area contributed by atoms with Gasteiger partial charge in [-0.05, 0) is 0 Å². The van der Waals surface area contributed by atoms with Crippen LogP contribution in [0.2, 0.25) is 19.6 Å². The summed E-state index contributed by atoms with van der Waals surface area (Å²) in [5.41, 5.74) is 0. The molecule has 0 aliphatic carbocycles. The van der Waals surface area contributed by atoms with Crippen molar-refractivity contribution in [1.29, 1.82) is 0 Å². The van der Waals surface area contributed by atoms with Crippen LogP contribution >= 0.6 is 0 Å². The third kappa shape index (κ3) is 1.80. The van der Waals surface area contributed by atoms with Crippen molar-refractivity contribution in [1.82, 2.24) is 0 Å². The molecule has 0 bridgehead atoms. The van der Waals surface area contributed by atoms with E-state index in [9.17, 15) is 0 Å². The van der Waals surface area contributed by atoms with Crippen molar-refractivity contribution in [3.8, 4) is 0 Å². The maximum atomic E-state index is 3.46. The molecule has 54 valence electrons. The summed E-state index contributed by atoms with van der Waals surface area (Å²) >= 11 is 0. The highest BCUT2D eigenvalue weighted by atomic mass is 28.4. The summed E-state index contributed by atoms with van der Waals surface area (Å²) in [5.74, 6) is 0. The molecule has 1 rings (SSSR count). The van der Waals surface area contributed by atoms with E-state index in [1.807, 2.05) is 0 Å². The standard InChI is InChI=1S/C7H17OSi/c1-9(2,3)8-6-4-5-7-8/h4-7H2,1-3H3/q+1. The number of hydrogen-bond acceptors (Lipinski definition) is 0. The molecule has 0 spiro atoms. The van der Waals surface area contributed by atoms with Crippen molar-refractivity contribution in [3.05, 3.63) is 0 Å². The predicted molar refractivity (Wildman–Crippen MR) is 43.4 cm³/mol. The normalized spacial score (nSPS) is 23.0. The Bertz CT molecular complexity index is 89.6. The summed E-state index contributed by atoms with van der Waals surface area (Å²) < 4.78 is 3.46. The van der Waals surface area contributed by atoms with Gasteiger partial charge in [0.25, 0.3) is 0 Å². The first kappa shape index (κ1) is 7.29. The first-order chi connectivity index (χ1) is 4.11. The number of hydrogen-bond donors (Lipinski definition) is 0. The first-order valence-electron chi connectivity index (χ1n) is 3.78. The molecule has 0 radical (unpaired) electrons. The minimum absolute atomic E-state index is 0.974. The fraction of sp³-hybridized carbons (Fsp3) is 1.00. The molecular weight excluding hydrogens is 128 g/mol. The minimum Gasteiger partial charge on any atom is -0.520 e. The highest BCUT2D eigenvalue weighted by Gasteiger charge is 2.34. The van der Waals surface area contributed by atoms with Crippen molar-refractivity contribution in [2.75, 3.05) is 13.2 Å². The maximum Gasteiger partial charge on any atom is 0.376 e. The largest absolute Gasteiger partial charge is 0.520 e. The average Bonchev–Trinajstić information content (AvgIpc) is 2.08. The molecule has 0 atom stereocenters. The molecule has 1 aliphatic rings. The Balaban J connectivity index is 2.42. The van der Waals surface area contributed by atoms with Crippen LogP contribution in [0.1, 0.15) is 12.8 Å². The van der Waals surface area contributed by atoms with Crippen molar-refractivity contribution >= 4 is 8.32 Å². The fourth-order valence-electron chi connectivity index (χ4n) is 1.27. The lowest BCUT2D eigenvalue weighted by Gasteiger charge is -2.25. The molecule has 0 aromatic heterocycles. The minimum atomic E-state index is -0.974. The summed E-state index contributed by atoms with van der Waals surface area (Å²) in [7, 11) is -0.974. The molecular formula is C7H17OSi+.